The largest absolute Gasteiger partial charge is 0.490 e. The zero-order valence-corrected chi connectivity index (χ0v) is 11.2. The number of rotatable bonds is 8. The fraction of sp³-hybridized carbons (Fsp3) is 0.643. The first-order valence-corrected chi connectivity index (χ1v) is 6.60. The molecule has 0 unspecified atom stereocenters. The second-order valence-corrected chi connectivity index (χ2v) is 4.88. The zero-order valence-electron chi connectivity index (χ0n) is 11.2. The van der Waals surface area contributed by atoms with Crippen LogP contribution in [-0.2, 0) is 4.74 Å². The first-order valence-electron chi connectivity index (χ1n) is 6.60. The van der Waals surface area contributed by atoms with Gasteiger partial charge in [-0.05, 0) is 43.7 Å². The molecular weight excluding hydrogens is 228 g/mol. The van der Waals surface area contributed by atoms with Gasteiger partial charge < -0.3 is 14.8 Å². The van der Waals surface area contributed by atoms with Crippen molar-refractivity contribution in [2.45, 2.75) is 26.2 Å². The molecule has 100 valence electrons. The Morgan fingerprint density at radius 2 is 2.28 bits per heavy atom. The zero-order chi connectivity index (χ0) is 12.8. The SMILES string of the molecule is CCOc1cccnc1NCC1(CCOC)CC1. The van der Waals surface area contributed by atoms with Crippen molar-refractivity contribution in [3.8, 4) is 5.75 Å². The van der Waals surface area contributed by atoms with Crippen LogP contribution in [0.15, 0.2) is 18.3 Å². The van der Waals surface area contributed by atoms with Crippen LogP contribution in [0.25, 0.3) is 0 Å². The van der Waals surface area contributed by atoms with E-state index in [9.17, 15) is 0 Å². The van der Waals surface area contributed by atoms with Crippen LogP contribution in [0, 0.1) is 5.41 Å². The molecule has 1 aromatic heterocycles. The van der Waals surface area contributed by atoms with Crippen molar-refractivity contribution in [2.75, 3.05) is 32.2 Å². The number of ether oxygens (including phenoxy) is 2. The minimum absolute atomic E-state index is 0.414. The maximum atomic E-state index is 5.55. The Hall–Kier alpha value is -1.29. The molecule has 1 N–H and O–H groups in total. The van der Waals surface area contributed by atoms with Crippen LogP contribution >= 0.6 is 0 Å². The highest BCUT2D eigenvalue weighted by atomic mass is 16.5. The molecule has 0 radical (unpaired) electrons. The number of methoxy groups -OCH3 is 1. The van der Waals surface area contributed by atoms with Gasteiger partial charge in [0.05, 0.1) is 6.61 Å². The van der Waals surface area contributed by atoms with E-state index >= 15 is 0 Å². The fourth-order valence-corrected chi connectivity index (χ4v) is 2.08. The van der Waals surface area contributed by atoms with Gasteiger partial charge in [-0.3, -0.25) is 0 Å². The molecule has 18 heavy (non-hydrogen) atoms. The molecule has 1 heterocycles. The summed E-state index contributed by atoms with van der Waals surface area (Å²) in [6.45, 7) is 4.43. The van der Waals surface area contributed by atoms with Gasteiger partial charge in [0, 0.05) is 26.5 Å². The van der Waals surface area contributed by atoms with Crippen molar-refractivity contribution in [1.82, 2.24) is 4.98 Å². The summed E-state index contributed by atoms with van der Waals surface area (Å²) in [5.41, 5.74) is 0.414. The summed E-state index contributed by atoms with van der Waals surface area (Å²) in [7, 11) is 1.76. The molecule has 0 bridgehead atoms. The lowest BCUT2D eigenvalue weighted by atomic mass is 10.0. The number of nitrogens with zero attached hydrogens (tertiary/aromatic N) is 1. The topological polar surface area (TPSA) is 43.4 Å². The fourth-order valence-electron chi connectivity index (χ4n) is 2.08. The van der Waals surface area contributed by atoms with Crippen LogP contribution < -0.4 is 10.1 Å². The predicted molar refractivity (Wildman–Crippen MR) is 72.1 cm³/mol. The van der Waals surface area contributed by atoms with Gasteiger partial charge in [-0.25, -0.2) is 4.98 Å². The molecule has 1 aliphatic carbocycles. The van der Waals surface area contributed by atoms with Gasteiger partial charge in [0.25, 0.3) is 0 Å². The summed E-state index contributed by atoms with van der Waals surface area (Å²) in [4.78, 5) is 4.34. The Bertz CT molecular complexity index is 378. The maximum absolute atomic E-state index is 5.55. The molecule has 4 heteroatoms. The van der Waals surface area contributed by atoms with Gasteiger partial charge >= 0.3 is 0 Å². The highest BCUT2D eigenvalue weighted by molar-refractivity contribution is 5.49. The first-order chi connectivity index (χ1) is 8.79. The van der Waals surface area contributed by atoms with Crippen molar-refractivity contribution in [3.05, 3.63) is 18.3 Å². The van der Waals surface area contributed by atoms with Crippen molar-refractivity contribution < 1.29 is 9.47 Å². The van der Waals surface area contributed by atoms with Crippen LogP contribution in [0.4, 0.5) is 5.82 Å². The van der Waals surface area contributed by atoms with E-state index in [4.69, 9.17) is 9.47 Å². The molecule has 1 aromatic rings. The molecule has 2 rings (SSSR count). The van der Waals surface area contributed by atoms with Gasteiger partial charge in [0.1, 0.15) is 0 Å². The van der Waals surface area contributed by atoms with E-state index in [-0.39, 0.29) is 0 Å². The van der Waals surface area contributed by atoms with E-state index < -0.39 is 0 Å². The molecule has 0 spiro atoms. The average molecular weight is 250 g/mol. The monoisotopic (exact) mass is 250 g/mol. The molecule has 0 atom stereocenters. The summed E-state index contributed by atoms with van der Waals surface area (Å²) < 4.78 is 10.7. The Morgan fingerprint density at radius 3 is 2.94 bits per heavy atom. The Morgan fingerprint density at radius 1 is 1.44 bits per heavy atom. The van der Waals surface area contributed by atoms with Crippen molar-refractivity contribution in [1.29, 1.82) is 0 Å². The third-order valence-electron chi connectivity index (χ3n) is 3.49. The summed E-state index contributed by atoms with van der Waals surface area (Å²) in [5.74, 6) is 1.69. The quantitative estimate of drug-likeness (QED) is 0.770. The Balaban J connectivity index is 1.90. The van der Waals surface area contributed by atoms with E-state index in [0.717, 1.165) is 31.1 Å². The number of nitrogens with one attached hydrogen (secondary N) is 1. The molecule has 1 fully saturated rings. The van der Waals surface area contributed by atoms with Crippen molar-refractivity contribution >= 4 is 5.82 Å². The van der Waals surface area contributed by atoms with Crippen LogP contribution in [0.5, 0.6) is 5.75 Å². The molecule has 4 nitrogen and oxygen atoms in total. The predicted octanol–water partition coefficient (Wildman–Crippen LogP) is 2.71. The van der Waals surface area contributed by atoms with Crippen molar-refractivity contribution in [2.24, 2.45) is 5.41 Å². The molecule has 0 amide bonds. The Labute approximate surface area is 109 Å². The second kappa shape index (κ2) is 6.05. The summed E-state index contributed by atoms with van der Waals surface area (Å²) in [6.07, 6.45) is 5.47. The van der Waals surface area contributed by atoms with Crippen LogP contribution in [0.1, 0.15) is 26.2 Å². The van der Waals surface area contributed by atoms with E-state index in [1.54, 1.807) is 13.3 Å². The Kier molecular flexibility index (Phi) is 4.42. The number of pyridine rings is 1. The molecule has 0 saturated heterocycles. The number of hydrogen-bond donors (Lipinski definition) is 1. The average Bonchev–Trinajstić information content (AvgIpc) is 3.17. The summed E-state index contributed by atoms with van der Waals surface area (Å²) >= 11 is 0. The summed E-state index contributed by atoms with van der Waals surface area (Å²) in [6, 6.07) is 3.85. The van der Waals surface area contributed by atoms with E-state index in [2.05, 4.69) is 10.3 Å². The maximum Gasteiger partial charge on any atom is 0.168 e. The van der Waals surface area contributed by atoms with Crippen LogP contribution in [0.3, 0.4) is 0 Å². The van der Waals surface area contributed by atoms with Crippen LogP contribution in [0.2, 0.25) is 0 Å². The first kappa shape index (κ1) is 13.1. The highest BCUT2D eigenvalue weighted by Gasteiger charge is 2.41. The lowest BCUT2D eigenvalue weighted by Gasteiger charge is -2.17. The minimum Gasteiger partial charge on any atom is -0.490 e. The normalized spacial score (nSPS) is 16.3. The molecular formula is C14H22N2O2. The number of anilines is 1. The summed E-state index contributed by atoms with van der Waals surface area (Å²) in [5, 5.41) is 3.42. The van der Waals surface area contributed by atoms with Gasteiger partial charge in [0.15, 0.2) is 11.6 Å². The van der Waals surface area contributed by atoms with Crippen molar-refractivity contribution in [3.63, 3.8) is 0 Å². The number of hydrogen-bond acceptors (Lipinski definition) is 4. The standard InChI is InChI=1S/C14H22N2O2/c1-3-18-12-5-4-9-15-13(12)16-11-14(6-7-14)8-10-17-2/h4-5,9H,3,6-8,10-11H2,1-2H3,(H,15,16). The molecule has 1 saturated carbocycles. The third kappa shape index (κ3) is 3.35. The molecule has 0 aliphatic heterocycles. The number of aromatic nitrogens is 1. The smallest absolute Gasteiger partial charge is 0.168 e. The van der Waals surface area contributed by atoms with E-state index in [0.29, 0.717) is 12.0 Å². The highest BCUT2D eigenvalue weighted by Crippen LogP contribution is 2.48. The lowest BCUT2D eigenvalue weighted by Crippen LogP contribution is -2.18. The van der Waals surface area contributed by atoms with Gasteiger partial charge in [-0.1, -0.05) is 0 Å². The van der Waals surface area contributed by atoms with E-state index in [1.165, 1.54) is 12.8 Å². The van der Waals surface area contributed by atoms with Crippen LogP contribution in [-0.4, -0.2) is 31.9 Å². The lowest BCUT2D eigenvalue weighted by molar-refractivity contribution is 0.174. The second-order valence-electron chi connectivity index (χ2n) is 4.88. The van der Waals surface area contributed by atoms with Gasteiger partial charge in [-0.2, -0.15) is 0 Å². The van der Waals surface area contributed by atoms with Gasteiger partial charge in [0.2, 0.25) is 0 Å². The van der Waals surface area contributed by atoms with Gasteiger partial charge in [-0.15, -0.1) is 0 Å². The molecule has 1 aliphatic rings. The molecule has 0 aromatic carbocycles. The third-order valence-corrected chi connectivity index (χ3v) is 3.49. The minimum atomic E-state index is 0.414. The van der Waals surface area contributed by atoms with E-state index in [1.807, 2.05) is 19.1 Å².